The largest absolute Gasteiger partial charge is 0.381 e. The van der Waals surface area contributed by atoms with E-state index in [9.17, 15) is 4.79 Å². The van der Waals surface area contributed by atoms with Gasteiger partial charge in [-0.25, -0.2) is 0 Å². The summed E-state index contributed by atoms with van der Waals surface area (Å²) in [6, 6.07) is 0. The van der Waals surface area contributed by atoms with Crippen LogP contribution in [0.15, 0.2) is 0 Å². The van der Waals surface area contributed by atoms with E-state index in [0.717, 1.165) is 32.5 Å². The molecular formula is C12H26N2O2. The lowest BCUT2D eigenvalue weighted by Gasteiger charge is -2.25. The summed E-state index contributed by atoms with van der Waals surface area (Å²) in [5.74, 6) is 0.284. The Kier molecular flexibility index (Phi) is 7.34. The molecular weight excluding hydrogens is 204 g/mol. The smallest absolute Gasteiger partial charge is 0.237 e. The molecule has 0 heterocycles. The molecule has 96 valence electrons. The Labute approximate surface area is 98.9 Å². The van der Waals surface area contributed by atoms with Gasteiger partial charge in [0.05, 0.1) is 5.54 Å². The Morgan fingerprint density at radius 2 is 2.06 bits per heavy atom. The maximum absolute atomic E-state index is 11.2. The summed E-state index contributed by atoms with van der Waals surface area (Å²) in [5.41, 5.74) is 4.74. The highest BCUT2D eigenvalue weighted by atomic mass is 16.5. The average Bonchev–Trinajstić information content (AvgIpc) is 2.22. The Morgan fingerprint density at radius 1 is 1.44 bits per heavy atom. The van der Waals surface area contributed by atoms with Crippen molar-refractivity contribution < 1.29 is 9.53 Å². The van der Waals surface area contributed by atoms with Crippen molar-refractivity contribution in [3.05, 3.63) is 0 Å². The summed E-state index contributed by atoms with van der Waals surface area (Å²) >= 11 is 0. The van der Waals surface area contributed by atoms with E-state index in [1.165, 1.54) is 0 Å². The van der Waals surface area contributed by atoms with Crippen LogP contribution in [0.25, 0.3) is 0 Å². The number of nitrogens with one attached hydrogen (secondary N) is 1. The third-order valence-corrected chi connectivity index (χ3v) is 2.76. The number of unbranched alkanes of at least 4 members (excludes halogenated alkanes) is 1. The first-order valence-electron chi connectivity index (χ1n) is 5.99. The highest BCUT2D eigenvalue weighted by Gasteiger charge is 2.27. The first-order valence-corrected chi connectivity index (χ1v) is 5.99. The minimum absolute atomic E-state index is 0.293. The molecule has 0 rings (SSSR count). The molecule has 3 N–H and O–H groups in total. The average molecular weight is 230 g/mol. The van der Waals surface area contributed by atoms with Crippen LogP contribution >= 0.6 is 0 Å². The molecule has 4 nitrogen and oxygen atoms in total. The molecule has 0 saturated carbocycles. The third kappa shape index (κ3) is 6.08. The minimum Gasteiger partial charge on any atom is -0.381 e. The summed E-state index contributed by atoms with van der Waals surface area (Å²) in [4.78, 5) is 11.2. The molecule has 0 aliphatic heterocycles. The summed E-state index contributed by atoms with van der Waals surface area (Å²) in [6.45, 7) is 7.66. The van der Waals surface area contributed by atoms with Crippen molar-refractivity contribution in [1.29, 1.82) is 0 Å². The molecule has 0 fully saturated rings. The fraction of sp³-hybridized carbons (Fsp3) is 0.917. The SMILES string of the molecule is CNC(C)(CCCCOCC(C)C)C(N)=O. The van der Waals surface area contributed by atoms with Gasteiger partial charge in [-0.1, -0.05) is 13.8 Å². The predicted molar refractivity (Wildman–Crippen MR) is 66.2 cm³/mol. The first kappa shape index (κ1) is 15.4. The van der Waals surface area contributed by atoms with Crippen LogP contribution in [0.5, 0.6) is 0 Å². The number of primary amides is 1. The van der Waals surface area contributed by atoms with E-state index in [4.69, 9.17) is 10.5 Å². The van der Waals surface area contributed by atoms with Crippen molar-refractivity contribution in [3.8, 4) is 0 Å². The molecule has 0 aromatic heterocycles. The molecule has 0 aromatic carbocycles. The van der Waals surface area contributed by atoms with Crippen molar-refractivity contribution in [2.75, 3.05) is 20.3 Å². The minimum atomic E-state index is -0.585. The van der Waals surface area contributed by atoms with Crippen LogP contribution in [0.3, 0.4) is 0 Å². The second kappa shape index (κ2) is 7.63. The van der Waals surface area contributed by atoms with Gasteiger partial charge in [0, 0.05) is 13.2 Å². The van der Waals surface area contributed by atoms with Crippen LogP contribution in [0.1, 0.15) is 40.0 Å². The van der Waals surface area contributed by atoms with E-state index in [1.54, 1.807) is 7.05 Å². The lowest BCUT2D eigenvalue weighted by molar-refractivity contribution is -0.123. The van der Waals surface area contributed by atoms with E-state index in [0.29, 0.717) is 5.92 Å². The molecule has 1 unspecified atom stereocenters. The Hall–Kier alpha value is -0.610. The molecule has 16 heavy (non-hydrogen) atoms. The Balaban J connectivity index is 3.61. The molecule has 0 aromatic rings. The van der Waals surface area contributed by atoms with Crippen LogP contribution in [-0.2, 0) is 9.53 Å². The van der Waals surface area contributed by atoms with Crippen molar-refractivity contribution in [2.24, 2.45) is 11.7 Å². The molecule has 0 aliphatic rings. The topological polar surface area (TPSA) is 64.3 Å². The molecule has 0 saturated heterocycles. The highest BCUT2D eigenvalue weighted by molar-refractivity contribution is 5.84. The molecule has 0 bridgehead atoms. The standard InChI is InChI=1S/C12H26N2O2/c1-10(2)9-16-8-6-5-7-12(3,14-4)11(13)15/h10,14H,5-9H2,1-4H3,(H2,13,15). The molecule has 1 amide bonds. The number of carbonyl (C=O) groups excluding carboxylic acids is 1. The Morgan fingerprint density at radius 3 is 2.50 bits per heavy atom. The zero-order valence-corrected chi connectivity index (χ0v) is 11.0. The number of hydrogen-bond donors (Lipinski definition) is 2. The van der Waals surface area contributed by atoms with Gasteiger partial charge in [0.25, 0.3) is 0 Å². The second-order valence-corrected chi connectivity index (χ2v) is 4.87. The molecule has 0 radical (unpaired) electrons. The van der Waals surface area contributed by atoms with Gasteiger partial charge in [-0.05, 0) is 39.2 Å². The van der Waals surface area contributed by atoms with Gasteiger partial charge in [0.15, 0.2) is 0 Å². The number of carbonyl (C=O) groups is 1. The quantitative estimate of drug-likeness (QED) is 0.587. The van der Waals surface area contributed by atoms with Crippen LogP contribution < -0.4 is 11.1 Å². The fourth-order valence-corrected chi connectivity index (χ4v) is 1.37. The van der Waals surface area contributed by atoms with Crippen LogP contribution in [0, 0.1) is 5.92 Å². The van der Waals surface area contributed by atoms with Crippen LogP contribution in [0.2, 0.25) is 0 Å². The van der Waals surface area contributed by atoms with Crippen LogP contribution in [0.4, 0.5) is 0 Å². The zero-order valence-electron chi connectivity index (χ0n) is 11.0. The maximum atomic E-state index is 11.2. The number of ether oxygens (including phenoxy) is 1. The molecule has 4 heteroatoms. The van der Waals surface area contributed by atoms with E-state index in [1.807, 2.05) is 6.92 Å². The number of nitrogens with two attached hydrogens (primary N) is 1. The van der Waals surface area contributed by atoms with Crippen molar-refractivity contribution >= 4 is 5.91 Å². The summed E-state index contributed by atoms with van der Waals surface area (Å²) < 4.78 is 5.47. The van der Waals surface area contributed by atoms with Gasteiger partial charge in [0.1, 0.15) is 0 Å². The van der Waals surface area contributed by atoms with E-state index in [-0.39, 0.29) is 5.91 Å². The molecule has 0 aliphatic carbocycles. The molecule has 0 spiro atoms. The number of rotatable bonds is 9. The Bertz CT molecular complexity index is 207. The lowest BCUT2D eigenvalue weighted by Crippen LogP contribution is -2.51. The van der Waals surface area contributed by atoms with Crippen LogP contribution in [-0.4, -0.2) is 31.7 Å². The normalized spacial score (nSPS) is 15.1. The fourth-order valence-electron chi connectivity index (χ4n) is 1.37. The predicted octanol–water partition coefficient (Wildman–Crippen LogP) is 1.29. The van der Waals surface area contributed by atoms with Crippen molar-refractivity contribution in [2.45, 2.75) is 45.6 Å². The first-order chi connectivity index (χ1) is 7.42. The van der Waals surface area contributed by atoms with E-state index in [2.05, 4.69) is 19.2 Å². The molecule has 1 atom stereocenters. The van der Waals surface area contributed by atoms with E-state index < -0.39 is 5.54 Å². The van der Waals surface area contributed by atoms with Gasteiger partial charge in [-0.2, -0.15) is 0 Å². The van der Waals surface area contributed by atoms with E-state index >= 15 is 0 Å². The monoisotopic (exact) mass is 230 g/mol. The summed E-state index contributed by atoms with van der Waals surface area (Å²) in [5, 5.41) is 2.97. The highest BCUT2D eigenvalue weighted by Crippen LogP contribution is 2.12. The van der Waals surface area contributed by atoms with Gasteiger partial charge in [0.2, 0.25) is 5.91 Å². The second-order valence-electron chi connectivity index (χ2n) is 4.87. The number of amides is 1. The van der Waals surface area contributed by atoms with Crippen molar-refractivity contribution in [3.63, 3.8) is 0 Å². The summed E-state index contributed by atoms with van der Waals surface area (Å²) in [6.07, 6.45) is 2.67. The zero-order chi connectivity index (χ0) is 12.6. The van der Waals surface area contributed by atoms with Gasteiger partial charge < -0.3 is 15.8 Å². The third-order valence-electron chi connectivity index (χ3n) is 2.76. The number of likely N-dealkylation sites (N-methyl/N-ethyl adjacent to an activating group) is 1. The summed E-state index contributed by atoms with van der Waals surface area (Å²) in [7, 11) is 1.76. The van der Waals surface area contributed by atoms with Gasteiger partial charge >= 0.3 is 0 Å². The lowest BCUT2D eigenvalue weighted by atomic mass is 9.94. The van der Waals surface area contributed by atoms with Gasteiger partial charge in [-0.3, -0.25) is 4.79 Å². The van der Waals surface area contributed by atoms with Crippen molar-refractivity contribution in [1.82, 2.24) is 5.32 Å². The number of hydrogen-bond acceptors (Lipinski definition) is 3. The maximum Gasteiger partial charge on any atom is 0.237 e. The van der Waals surface area contributed by atoms with Gasteiger partial charge in [-0.15, -0.1) is 0 Å².